The maximum Gasteiger partial charge on any atom is 0.330 e. The molecule has 0 radical (unpaired) electrons. The Morgan fingerprint density at radius 2 is 2.00 bits per heavy atom. The van der Waals surface area contributed by atoms with E-state index in [1.54, 1.807) is 0 Å². The first-order chi connectivity index (χ1) is 8.86. The Balaban J connectivity index is 3.10. The van der Waals surface area contributed by atoms with Gasteiger partial charge in [-0.15, -0.1) is 0 Å². The third-order valence-electron chi connectivity index (χ3n) is 2.73. The molecule has 1 aromatic heterocycles. The number of aliphatic hydroxyl groups excluding tert-OH is 1. The smallest absolute Gasteiger partial charge is 0.330 e. The van der Waals surface area contributed by atoms with Gasteiger partial charge in [0.25, 0.3) is 5.56 Å². The second-order valence-corrected chi connectivity index (χ2v) is 5.19. The van der Waals surface area contributed by atoms with Gasteiger partial charge in [-0.3, -0.25) is 14.3 Å². The van der Waals surface area contributed by atoms with E-state index in [0.717, 1.165) is 0 Å². The number of aliphatic hydroxyl groups is 1. The van der Waals surface area contributed by atoms with Crippen molar-refractivity contribution in [2.24, 2.45) is 11.8 Å². The molecule has 1 atom stereocenters. The van der Waals surface area contributed by atoms with Gasteiger partial charge in [0.2, 0.25) is 0 Å². The maximum atomic E-state index is 11.7. The summed E-state index contributed by atoms with van der Waals surface area (Å²) in [6, 6.07) is 0. The number of nitrogen functional groups attached to an aromatic ring is 1. The number of nitrogens with one attached hydrogen (secondary N) is 2. The fourth-order valence-corrected chi connectivity index (χ4v) is 1.65. The first-order valence-electron chi connectivity index (χ1n) is 6.34. The van der Waals surface area contributed by atoms with Crippen molar-refractivity contribution in [2.75, 3.05) is 24.2 Å². The molecule has 0 saturated heterocycles. The van der Waals surface area contributed by atoms with E-state index in [4.69, 9.17) is 10.8 Å². The second-order valence-electron chi connectivity index (χ2n) is 5.19. The van der Waals surface area contributed by atoms with Gasteiger partial charge in [-0.2, -0.15) is 0 Å². The number of hydrogen-bond acceptors (Lipinski definition) is 5. The monoisotopic (exact) mass is 270 g/mol. The molecule has 1 rings (SSSR count). The van der Waals surface area contributed by atoms with Gasteiger partial charge in [0.05, 0.1) is 0 Å². The van der Waals surface area contributed by atoms with Crippen LogP contribution in [-0.2, 0) is 6.54 Å². The summed E-state index contributed by atoms with van der Waals surface area (Å²) in [5.74, 6) is 0.354. The zero-order valence-corrected chi connectivity index (χ0v) is 11.6. The first-order valence-corrected chi connectivity index (χ1v) is 6.34. The molecule has 108 valence electrons. The fourth-order valence-electron chi connectivity index (χ4n) is 1.65. The average molecular weight is 270 g/mol. The Labute approximate surface area is 111 Å². The summed E-state index contributed by atoms with van der Waals surface area (Å²) >= 11 is 0. The van der Waals surface area contributed by atoms with E-state index >= 15 is 0 Å². The number of nitrogens with zero attached hydrogens (tertiary/aromatic N) is 1. The van der Waals surface area contributed by atoms with Crippen molar-refractivity contribution in [1.29, 1.82) is 0 Å². The van der Waals surface area contributed by atoms with Gasteiger partial charge >= 0.3 is 5.69 Å². The van der Waals surface area contributed by atoms with E-state index in [1.165, 1.54) is 4.57 Å². The molecule has 0 spiro atoms. The number of anilines is 2. The van der Waals surface area contributed by atoms with Gasteiger partial charge in [0.1, 0.15) is 11.5 Å². The summed E-state index contributed by atoms with van der Waals surface area (Å²) in [6.07, 6.45) is 0. The summed E-state index contributed by atoms with van der Waals surface area (Å²) in [5, 5.41) is 11.8. The predicted molar refractivity (Wildman–Crippen MR) is 75.3 cm³/mol. The van der Waals surface area contributed by atoms with Crippen molar-refractivity contribution < 1.29 is 5.11 Å². The highest BCUT2D eigenvalue weighted by Crippen LogP contribution is 2.12. The Bertz CT molecular complexity index is 533. The number of rotatable bonds is 6. The zero-order chi connectivity index (χ0) is 14.6. The van der Waals surface area contributed by atoms with Crippen molar-refractivity contribution in [3.63, 3.8) is 0 Å². The van der Waals surface area contributed by atoms with Crippen LogP contribution >= 0.6 is 0 Å². The molecule has 0 aliphatic heterocycles. The Morgan fingerprint density at radius 1 is 1.37 bits per heavy atom. The Kier molecular flexibility index (Phi) is 5.17. The first kappa shape index (κ1) is 15.3. The van der Waals surface area contributed by atoms with Crippen molar-refractivity contribution in [3.05, 3.63) is 20.8 Å². The lowest BCUT2D eigenvalue weighted by Crippen LogP contribution is -2.35. The lowest BCUT2D eigenvalue weighted by atomic mass is 10.2. The van der Waals surface area contributed by atoms with Gasteiger partial charge < -0.3 is 16.2 Å². The number of aromatic amines is 1. The van der Waals surface area contributed by atoms with Crippen LogP contribution < -0.4 is 22.3 Å². The fraction of sp³-hybridized carbons (Fsp3) is 0.667. The minimum atomic E-state index is -0.535. The van der Waals surface area contributed by atoms with Crippen LogP contribution in [0.25, 0.3) is 0 Å². The van der Waals surface area contributed by atoms with E-state index in [9.17, 15) is 9.59 Å². The van der Waals surface area contributed by atoms with Crippen LogP contribution in [0.4, 0.5) is 11.5 Å². The summed E-state index contributed by atoms with van der Waals surface area (Å²) in [5.41, 5.74) is 5.02. The lowest BCUT2D eigenvalue weighted by Gasteiger charge is -2.16. The molecule has 19 heavy (non-hydrogen) atoms. The minimum absolute atomic E-state index is 0.00993. The van der Waals surface area contributed by atoms with Crippen LogP contribution in [0.1, 0.15) is 20.8 Å². The van der Waals surface area contributed by atoms with E-state index in [2.05, 4.69) is 10.3 Å². The number of hydrogen-bond donors (Lipinski definition) is 4. The largest absolute Gasteiger partial charge is 0.396 e. The van der Waals surface area contributed by atoms with Crippen LogP contribution in [0, 0.1) is 11.8 Å². The van der Waals surface area contributed by atoms with E-state index in [-0.39, 0.29) is 29.9 Å². The molecule has 0 fully saturated rings. The van der Waals surface area contributed by atoms with Gasteiger partial charge in [0.15, 0.2) is 0 Å². The van der Waals surface area contributed by atoms with Crippen LogP contribution in [0.5, 0.6) is 0 Å². The molecule has 0 aliphatic rings. The molecule has 7 nitrogen and oxygen atoms in total. The maximum absolute atomic E-state index is 11.7. The molecule has 1 aromatic rings. The van der Waals surface area contributed by atoms with Crippen molar-refractivity contribution in [3.8, 4) is 0 Å². The second kappa shape index (κ2) is 6.42. The van der Waals surface area contributed by atoms with Crippen LogP contribution in [0.3, 0.4) is 0 Å². The summed E-state index contributed by atoms with van der Waals surface area (Å²) < 4.78 is 1.35. The topological polar surface area (TPSA) is 113 Å². The predicted octanol–water partition coefficient (Wildman–Crippen LogP) is -0.185. The van der Waals surface area contributed by atoms with Crippen LogP contribution in [0.15, 0.2) is 9.59 Å². The molecule has 7 heteroatoms. The molecule has 0 aromatic carbocycles. The van der Waals surface area contributed by atoms with Gasteiger partial charge in [-0.1, -0.05) is 20.8 Å². The molecule has 0 bridgehead atoms. The molecule has 0 aliphatic carbocycles. The van der Waals surface area contributed by atoms with Crippen molar-refractivity contribution in [1.82, 2.24) is 9.55 Å². The third-order valence-corrected chi connectivity index (χ3v) is 2.73. The molecule has 0 amide bonds. The molecular weight excluding hydrogens is 248 g/mol. The van der Waals surface area contributed by atoms with E-state index < -0.39 is 11.2 Å². The van der Waals surface area contributed by atoms with Crippen LogP contribution in [0.2, 0.25) is 0 Å². The number of H-pyrrole nitrogens is 1. The standard InChI is InChI=1S/C12H22N4O3/c1-7(2)5-16-10(13)9(11(18)15-12(16)19)14-4-8(3)6-17/h7-8,14,17H,4-6,13H2,1-3H3,(H,15,18,19). The van der Waals surface area contributed by atoms with Crippen LogP contribution in [-0.4, -0.2) is 27.8 Å². The molecule has 5 N–H and O–H groups in total. The minimum Gasteiger partial charge on any atom is -0.396 e. The highest BCUT2D eigenvalue weighted by Gasteiger charge is 2.13. The molecule has 0 saturated carbocycles. The van der Waals surface area contributed by atoms with E-state index in [0.29, 0.717) is 13.1 Å². The highest BCUT2D eigenvalue weighted by molar-refractivity contribution is 5.60. The van der Waals surface area contributed by atoms with Crippen molar-refractivity contribution in [2.45, 2.75) is 27.3 Å². The summed E-state index contributed by atoms with van der Waals surface area (Å²) in [4.78, 5) is 25.7. The highest BCUT2D eigenvalue weighted by atomic mass is 16.3. The SMILES string of the molecule is CC(C)Cn1c(N)c(NCC(C)CO)c(=O)[nH]c1=O. The Hall–Kier alpha value is -1.76. The number of nitrogens with two attached hydrogens (primary N) is 1. The van der Waals surface area contributed by atoms with Gasteiger partial charge in [-0.25, -0.2) is 4.79 Å². The van der Waals surface area contributed by atoms with Gasteiger partial charge in [0, 0.05) is 19.7 Å². The molecular formula is C12H22N4O3. The normalized spacial score (nSPS) is 12.7. The number of aromatic nitrogens is 2. The molecule has 1 unspecified atom stereocenters. The molecule has 1 heterocycles. The van der Waals surface area contributed by atoms with Crippen molar-refractivity contribution >= 4 is 11.5 Å². The Morgan fingerprint density at radius 3 is 2.53 bits per heavy atom. The zero-order valence-electron chi connectivity index (χ0n) is 11.6. The van der Waals surface area contributed by atoms with E-state index in [1.807, 2.05) is 20.8 Å². The summed E-state index contributed by atoms with van der Waals surface area (Å²) in [7, 11) is 0. The summed E-state index contributed by atoms with van der Waals surface area (Å²) in [6.45, 7) is 6.60. The lowest BCUT2D eigenvalue weighted by molar-refractivity contribution is 0.244. The third kappa shape index (κ3) is 3.85. The average Bonchev–Trinajstić information content (AvgIpc) is 2.33. The van der Waals surface area contributed by atoms with Gasteiger partial charge in [-0.05, 0) is 11.8 Å². The quantitative estimate of drug-likeness (QED) is 0.572.